The predicted octanol–water partition coefficient (Wildman–Crippen LogP) is 7.68. The van der Waals surface area contributed by atoms with Gasteiger partial charge in [-0.2, -0.15) is 0 Å². The lowest BCUT2D eigenvalue weighted by Crippen LogP contribution is -2.29. The average Bonchev–Trinajstić information content (AvgIpc) is 3.59. The number of hydrogen-bond acceptors (Lipinski definition) is 7. The van der Waals surface area contributed by atoms with E-state index in [1.807, 2.05) is 30.3 Å². The second kappa shape index (κ2) is 11.7. The van der Waals surface area contributed by atoms with Crippen molar-refractivity contribution in [2.75, 3.05) is 16.0 Å². The molecule has 0 atom stereocenters. The number of aromatic nitrogens is 3. The third-order valence-corrected chi connectivity index (χ3v) is 13.8. The molecule has 1 aliphatic rings. The van der Waals surface area contributed by atoms with E-state index in [0.717, 1.165) is 9.60 Å². The number of rotatable bonds is 6. The zero-order valence-electron chi connectivity index (χ0n) is 22.1. The van der Waals surface area contributed by atoms with E-state index in [0.29, 0.717) is 44.8 Å². The average molecular weight is 871 g/mol. The summed E-state index contributed by atoms with van der Waals surface area (Å²) in [4.78, 5) is 58.5. The summed E-state index contributed by atoms with van der Waals surface area (Å²) in [7, 11) is 1.76. The molecule has 0 bridgehead atoms. The van der Waals surface area contributed by atoms with Crippen molar-refractivity contribution in [3.05, 3.63) is 93.6 Å². The number of fused-ring (bicyclic) bond motifs is 2. The number of halogens is 4. The number of carbonyl (C=O) groups is 3. The molecule has 43 heavy (non-hydrogen) atoms. The third kappa shape index (κ3) is 5.17. The highest BCUT2D eigenvalue weighted by molar-refractivity contribution is 9.15. The topological polar surface area (TPSA) is 106 Å². The lowest BCUT2D eigenvalue weighted by molar-refractivity contribution is -0.113. The summed E-state index contributed by atoms with van der Waals surface area (Å²) >= 11 is 16.4. The maximum atomic E-state index is 13.4. The molecule has 2 aromatic heterocycles. The van der Waals surface area contributed by atoms with Crippen LogP contribution in [0.25, 0.3) is 15.9 Å². The number of benzene rings is 3. The number of carbonyl (C=O) groups excluding carboxylic acids is 3. The van der Waals surface area contributed by atoms with Gasteiger partial charge in [0.25, 0.3) is 17.4 Å². The third-order valence-electron chi connectivity index (χ3n) is 6.86. The Labute approximate surface area is 286 Å². The maximum Gasteiger partial charge on any atom is 0.295 e. The summed E-state index contributed by atoms with van der Waals surface area (Å²) in [5, 5.41) is 2.76. The molecule has 218 valence electrons. The Morgan fingerprint density at radius 2 is 1.53 bits per heavy atom. The lowest BCUT2D eigenvalue weighted by Gasteiger charge is -2.13. The molecule has 0 fully saturated rings. The Morgan fingerprint density at radius 3 is 2.16 bits per heavy atom. The summed E-state index contributed by atoms with van der Waals surface area (Å²) in [6, 6.07) is 14.4. The second-order valence-corrected chi connectivity index (χ2v) is 14.8. The summed E-state index contributed by atoms with van der Waals surface area (Å²) < 4.78 is 6.80. The molecule has 0 saturated carbocycles. The molecule has 3 aromatic carbocycles. The van der Waals surface area contributed by atoms with E-state index in [2.05, 4.69) is 74.0 Å². The number of thiazole rings is 1. The van der Waals surface area contributed by atoms with E-state index in [4.69, 9.17) is 0 Å². The number of para-hydroxylation sites is 1. The van der Waals surface area contributed by atoms with Crippen molar-refractivity contribution in [1.82, 2.24) is 14.3 Å². The van der Waals surface area contributed by atoms with Crippen LogP contribution in [-0.4, -0.2) is 37.8 Å². The molecular weight excluding hydrogens is 854 g/mol. The number of imide groups is 1. The van der Waals surface area contributed by atoms with Crippen LogP contribution in [-0.2, 0) is 11.8 Å². The van der Waals surface area contributed by atoms with Crippen molar-refractivity contribution in [2.45, 2.75) is 11.3 Å². The quantitative estimate of drug-likeness (QED) is 0.0813. The Balaban J connectivity index is 1.20. The van der Waals surface area contributed by atoms with Crippen molar-refractivity contribution in [3.63, 3.8) is 0 Å². The fraction of sp³-hybridized carbons (Fsp3) is 0.107. The Bertz CT molecular complexity index is 2030. The van der Waals surface area contributed by atoms with Crippen molar-refractivity contribution in [3.8, 4) is 5.69 Å². The molecule has 0 saturated heterocycles. The molecule has 0 radical (unpaired) electrons. The van der Waals surface area contributed by atoms with E-state index in [-0.39, 0.29) is 34.0 Å². The molecule has 3 heterocycles. The van der Waals surface area contributed by atoms with Gasteiger partial charge in [-0.05, 0) is 101 Å². The number of thioether (sulfide) groups is 1. The van der Waals surface area contributed by atoms with Crippen molar-refractivity contribution in [2.24, 2.45) is 7.05 Å². The van der Waals surface area contributed by atoms with E-state index in [9.17, 15) is 19.2 Å². The monoisotopic (exact) mass is 867 g/mol. The van der Waals surface area contributed by atoms with Crippen LogP contribution >= 0.6 is 86.8 Å². The molecule has 1 N–H and O–H groups in total. The zero-order valence-corrected chi connectivity index (χ0v) is 30.1. The summed E-state index contributed by atoms with van der Waals surface area (Å²) in [6.45, 7) is 1.78. The molecule has 3 amide bonds. The van der Waals surface area contributed by atoms with Gasteiger partial charge in [0.05, 0.1) is 44.2 Å². The first-order valence-corrected chi connectivity index (χ1v) is 17.4. The number of anilines is 2. The van der Waals surface area contributed by atoms with Gasteiger partial charge < -0.3 is 5.32 Å². The second-order valence-electron chi connectivity index (χ2n) is 9.36. The van der Waals surface area contributed by atoms with Crippen molar-refractivity contribution in [1.29, 1.82) is 0 Å². The smallest absolute Gasteiger partial charge is 0.295 e. The lowest BCUT2D eigenvalue weighted by atomic mass is 10.1. The first-order chi connectivity index (χ1) is 20.5. The Kier molecular flexibility index (Phi) is 8.32. The number of nitrogens with one attached hydrogen (secondary N) is 1. The molecule has 9 nitrogen and oxygen atoms in total. The van der Waals surface area contributed by atoms with E-state index < -0.39 is 11.8 Å². The number of nitrogens with zero attached hydrogens (tertiary/aromatic N) is 4. The van der Waals surface area contributed by atoms with Gasteiger partial charge in [0.1, 0.15) is 5.69 Å². The van der Waals surface area contributed by atoms with Gasteiger partial charge in [0.15, 0.2) is 4.34 Å². The van der Waals surface area contributed by atoms with Crippen LogP contribution in [0.15, 0.2) is 75.6 Å². The predicted molar refractivity (Wildman–Crippen MR) is 183 cm³/mol. The standard InChI is InChI=1S/C28H17Br4N5O4S2/c1-12-24(27(41)37(35(12)2)13-6-4-3-5-7-13)34-17(38)11-42-28-33-15-9-8-14(10-16(15)43-28)36-25(39)18-19(26(36)40)21(30)23(32)22(31)20(18)29/h3-10H,11H2,1-2H3,(H,34,38). The van der Waals surface area contributed by atoms with E-state index >= 15 is 0 Å². The fourth-order valence-corrected chi connectivity index (χ4v) is 9.05. The Hall–Kier alpha value is -2.56. The summed E-state index contributed by atoms with van der Waals surface area (Å²) in [6.07, 6.45) is 0. The molecule has 0 unspecified atom stereocenters. The van der Waals surface area contributed by atoms with E-state index in [1.165, 1.54) is 27.8 Å². The van der Waals surface area contributed by atoms with Crippen LogP contribution in [0.4, 0.5) is 11.4 Å². The van der Waals surface area contributed by atoms with Gasteiger partial charge in [0, 0.05) is 24.9 Å². The minimum atomic E-state index is -0.446. The summed E-state index contributed by atoms with van der Waals surface area (Å²) in [5.74, 6) is -1.19. The SMILES string of the molecule is Cc1c(NC(=O)CSc2nc3ccc(N4C(=O)c5c(Br)c(Br)c(Br)c(Br)c5C4=O)cc3s2)c(=O)n(-c2ccccc2)n1C. The van der Waals surface area contributed by atoms with Crippen molar-refractivity contribution < 1.29 is 14.4 Å². The van der Waals surface area contributed by atoms with Gasteiger partial charge in [-0.15, -0.1) is 11.3 Å². The van der Waals surface area contributed by atoms with Gasteiger partial charge >= 0.3 is 0 Å². The molecular formula is C28H17Br4N5O4S2. The highest BCUT2D eigenvalue weighted by Gasteiger charge is 2.42. The normalized spacial score (nSPS) is 12.8. The Morgan fingerprint density at radius 1 is 0.907 bits per heavy atom. The molecule has 6 rings (SSSR count). The fourth-order valence-electron chi connectivity index (χ4n) is 4.69. The van der Waals surface area contributed by atoms with E-state index in [1.54, 1.807) is 36.9 Å². The van der Waals surface area contributed by atoms with Crippen LogP contribution in [0.3, 0.4) is 0 Å². The molecule has 0 spiro atoms. The molecule has 5 aromatic rings. The largest absolute Gasteiger partial charge is 0.319 e. The molecule has 0 aliphatic carbocycles. The molecule has 1 aliphatic heterocycles. The number of hydrogen-bond donors (Lipinski definition) is 1. The first kappa shape index (κ1) is 30.5. The van der Waals surface area contributed by atoms with Gasteiger partial charge in [0.2, 0.25) is 5.91 Å². The van der Waals surface area contributed by atoms with Gasteiger partial charge in [-0.3, -0.25) is 23.9 Å². The summed E-state index contributed by atoms with van der Waals surface area (Å²) in [5.41, 5.74) is 2.86. The van der Waals surface area contributed by atoms with Crippen LogP contribution < -0.4 is 15.8 Å². The highest BCUT2D eigenvalue weighted by Crippen LogP contribution is 2.46. The first-order valence-electron chi connectivity index (χ1n) is 12.4. The van der Waals surface area contributed by atoms with Crippen LogP contribution in [0.5, 0.6) is 0 Å². The minimum Gasteiger partial charge on any atom is -0.319 e. The zero-order chi connectivity index (χ0) is 30.7. The minimum absolute atomic E-state index is 0.0377. The van der Waals surface area contributed by atoms with Crippen LogP contribution in [0, 0.1) is 6.92 Å². The van der Waals surface area contributed by atoms with Crippen LogP contribution in [0.1, 0.15) is 26.4 Å². The van der Waals surface area contributed by atoms with Gasteiger partial charge in [-0.25, -0.2) is 14.6 Å². The highest BCUT2D eigenvalue weighted by atomic mass is 79.9. The maximum absolute atomic E-state index is 13.4. The molecule has 15 heteroatoms. The van der Waals surface area contributed by atoms with Crippen LogP contribution in [0.2, 0.25) is 0 Å². The van der Waals surface area contributed by atoms with Crippen molar-refractivity contribution >= 4 is 126 Å². The number of amides is 3. The van der Waals surface area contributed by atoms with Gasteiger partial charge in [-0.1, -0.05) is 30.0 Å².